The Labute approximate surface area is 125 Å². The highest BCUT2D eigenvalue weighted by atomic mass is 32.2. The maximum atomic E-state index is 12.1. The van der Waals surface area contributed by atoms with Crippen LogP contribution >= 0.6 is 7.82 Å². The lowest BCUT2D eigenvalue weighted by atomic mass is 9.87. The summed E-state index contributed by atoms with van der Waals surface area (Å²) in [7, 11) is -9.67. The lowest BCUT2D eigenvalue weighted by Crippen LogP contribution is -2.12. The molecular formula is C13H21O6PS. The Kier molecular flexibility index (Phi) is 5.40. The van der Waals surface area contributed by atoms with Gasteiger partial charge in [-0.1, -0.05) is 33.8 Å². The fraction of sp³-hybridized carbons (Fsp3) is 0.538. The molecule has 0 radical (unpaired) electrons. The predicted molar refractivity (Wildman–Crippen MR) is 79.7 cm³/mol. The molecule has 120 valence electrons. The van der Waals surface area contributed by atoms with Crippen LogP contribution in [-0.2, 0) is 18.7 Å². The Morgan fingerprint density at radius 3 is 1.90 bits per heavy atom. The van der Waals surface area contributed by atoms with Gasteiger partial charge in [-0.3, -0.25) is 0 Å². The Hall–Kier alpha value is -0.720. The van der Waals surface area contributed by atoms with Crippen molar-refractivity contribution in [2.24, 2.45) is 0 Å². The number of hydrogen-bond acceptors (Lipinski definition) is 4. The van der Waals surface area contributed by atoms with Crippen LogP contribution in [0.4, 0.5) is 0 Å². The van der Waals surface area contributed by atoms with Crippen molar-refractivity contribution in [3.63, 3.8) is 0 Å². The summed E-state index contributed by atoms with van der Waals surface area (Å²) in [6.45, 7) is 9.42. The SMILES string of the molecule is Cc1ccc(S(=O)(=O)OP(=O)(O)O)c(C(C)C)c1C(C)C. The molecule has 0 bridgehead atoms. The Bertz CT molecular complexity index is 672. The lowest BCUT2D eigenvalue weighted by molar-refractivity contribution is 0.285. The standard InChI is InChI=1S/C13H21O6PS/c1-8(2)12-10(5)6-7-11(13(12)9(3)4)21(17,18)19-20(14,15)16/h6-9H,1-5H3,(H2,14,15,16). The molecule has 0 saturated heterocycles. The second kappa shape index (κ2) is 6.18. The molecule has 0 aliphatic carbocycles. The number of rotatable bonds is 5. The second-order valence-corrected chi connectivity index (χ2v) is 8.46. The van der Waals surface area contributed by atoms with E-state index >= 15 is 0 Å². The second-order valence-electron chi connectivity index (χ2n) is 5.54. The first kappa shape index (κ1) is 18.3. The van der Waals surface area contributed by atoms with E-state index in [1.165, 1.54) is 6.07 Å². The fourth-order valence-electron chi connectivity index (χ4n) is 2.47. The summed E-state index contributed by atoms with van der Waals surface area (Å²) in [5.41, 5.74) is 2.34. The predicted octanol–water partition coefficient (Wildman–Crippen LogP) is 3.04. The molecule has 0 aliphatic heterocycles. The van der Waals surface area contributed by atoms with Gasteiger partial charge in [0, 0.05) is 0 Å². The summed E-state index contributed by atoms with van der Waals surface area (Å²) in [6, 6.07) is 2.96. The quantitative estimate of drug-likeness (QED) is 0.802. The molecule has 0 atom stereocenters. The zero-order valence-corrected chi connectivity index (χ0v) is 14.4. The van der Waals surface area contributed by atoms with Gasteiger partial charge in [0.25, 0.3) is 0 Å². The van der Waals surface area contributed by atoms with Gasteiger partial charge in [-0.25, -0.2) is 4.57 Å². The summed E-state index contributed by atoms with van der Waals surface area (Å²) in [6.07, 6.45) is 0. The summed E-state index contributed by atoms with van der Waals surface area (Å²) in [5, 5.41) is 0. The minimum atomic E-state index is -5.14. The average Bonchev–Trinajstić information content (AvgIpc) is 2.23. The van der Waals surface area contributed by atoms with Crippen molar-refractivity contribution >= 4 is 17.9 Å². The van der Waals surface area contributed by atoms with E-state index in [0.29, 0.717) is 5.56 Å². The van der Waals surface area contributed by atoms with Crippen molar-refractivity contribution in [1.29, 1.82) is 0 Å². The number of hydrogen-bond donors (Lipinski definition) is 2. The van der Waals surface area contributed by atoms with Crippen LogP contribution < -0.4 is 0 Å². The number of aryl methyl sites for hydroxylation is 1. The van der Waals surface area contributed by atoms with Gasteiger partial charge in [-0.15, -0.1) is 0 Å². The molecule has 0 unspecified atom stereocenters. The van der Waals surface area contributed by atoms with E-state index in [2.05, 4.69) is 3.97 Å². The van der Waals surface area contributed by atoms with Crippen LogP contribution in [0.2, 0.25) is 0 Å². The molecule has 1 aromatic carbocycles. The minimum Gasteiger partial charge on any atom is -0.302 e. The molecule has 0 aliphatic rings. The molecule has 0 saturated carbocycles. The maximum Gasteiger partial charge on any atom is 0.484 e. The van der Waals surface area contributed by atoms with Crippen molar-refractivity contribution in [3.05, 3.63) is 28.8 Å². The first-order chi connectivity index (χ1) is 9.37. The van der Waals surface area contributed by atoms with Crippen molar-refractivity contribution in [2.75, 3.05) is 0 Å². The van der Waals surface area contributed by atoms with Crippen molar-refractivity contribution in [3.8, 4) is 0 Å². The van der Waals surface area contributed by atoms with Crippen molar-refractivity contribution in [1.82, 2.24) is 0 Å². The lowest BCUT2D eigenvalue weighted by Gasteiger charge is -2.22. The molecular weight excluding hydrogens is 315 g/mol. The smallest absolute Gasteiger partial charge is 0.302 e. The number of phosphoric acid groups is 1. The fourth-order valence-corrected chi connectivity index (χ4v) is 4.67. The van der Waals surface area contributed by atoms with Gasteiger partial charge < -0.3 is 9.79 Å². The van der Waals surface area contributed by atoms with E-state index in [4.69, 9.17) is 9.79 Å². The summed E-state index contributed by atoms with van der Waals surface area (Å²) < 4.78 is 39.2. The third-order valence-electron chi connectivity index (χ3n) is 3.08. The number of benzene rings is 1. The monoisotopic (exact) mass is 336 g/mol. The van der Waals surface area contributed by atoms with E-state index < -0.39 is 17.9 Å². The van der Waals surface area contributed by atoms with Gasteiger partial charge in [-0.05, 0) is 41.5 Å². The largest absolute Gasteiger partial charge is 0.484 e. The molecule has 0 fully saturated rings. The minimum absolute atomic E-state index is 0.0765. The normalized spacial score (nSPS) is 13.2. The van der Waals surface area contributed by atoms with Crippen molar-refractivity contribution in [2.45, 2.75) is 51.3 Å². The van der Waals surface area contributed by atoms with Gasteiger partial charge >= 0.3 is 17.9 Å². The van der Waals surface area contributed by atoms with E-state index in [0.717, 1.165) is 11.1 Å². The van der Waals surface area contributed by atoms with Crippen LogP contribution in [0.3, 0.4) is 0 Å². The van der Waals surface area contributed by atoms with Crippen LogP contribution in [0.15, 0.2) is 17.0 Å². The van der Waals surface area contributed by atoms with E-state index in [1.54, 1.807) is 6.07 Å². The molecule has 1 rings (SSSR count). The topological polar surface area (TPSA) is 101 Å². The molecule has 8 heteroatoms. The molecule has 0 heterocycles. The Balaban J connectivity index is 3.65. The van der Waals surface area contributed by atoms with Crippen LogP contribution in [0.25, 0.3) is 0 Å². The molecule has 2 N–H and O–H groups in total. The van der Waals surface area contributed by atoms with Crippen molar-refractivity contribution < 1.29 is 26.7 Å². The zero-order valence-electron chi connectivity index (χ0n) is 12.7. The van der Waals surface area contributed by atoms with E-state index in [1.807, 2.05) is 34.6 Å². The average molecular weight is 336 g/mol. The van der Waals surface area contributed by atoms with Gasteiger partial charge in [0.05, 0.1) is 4.90 Å². The third kappa shape index (κ3) is 4.37. The van der Waals surface area contributed by atoms with E-state index in [-0.39, 0.29) is 16.7 Å². The third-order valence-corrected chi connectivity index (χ3v) is 5.54. The van der Waals surface area contributed by atoms with Crippen LogP contribution in [-0.4, -0.2) is 18.2 Å². The van der Waals surface area contributed by atoms with Gasteiger partial charge in [0.1, 0.15) is 0 Å². The first-order valence-electron chi connectivity index (χ1n) is 6.52. The van der Waals surface area contributed by atoms with Crippen LogP contribution in [0, 0.1) is 6.92 Å². The summed E-state index contributed by atoms with van der Waals surface area (Å²) in [5.74, 6) is -0.0555. The Morgan fingerprint density at radius 1 is 1.05 bits per heavy atom. The highest BCUT2D eigenvalue weighted by molar-refractivity contribution is 7.90. The van der Waals surface area contributed by atoms with Gasteiger partial charge in [0.15, 0.2) is 0 Å². The summed E-state index contributed by atoms with van der Waals surface area (Å²) >= 11 is 0. The van der Waals surface area contributed by atoms with E-state index in [9.17, 15) is 13.0 Å². The van der Waals surface area contributed by atoms with Gasteiger partial charge in [-0.2, -0.15) is 12.4 Å². The maximum absolute atomic E-state index is 12.1. The summed E-state index contributed by atoms with van der Waals surface area (Å²) in [4.78, 5) is 17.4. The molecule has 0 amide bonds. The van der Waals surface area contributed by atoms with Crippen LogP contribution in [0.5, 0.6) is 0 Å². The Morgan fingerprint density at radius 2 is 1.52 bits per heavy atom. The molecule has 0 aromatic heterocycles. The molecule has 0 spiro atoms. The highest BCUT2D eigenvalue weighted by Gasteiger charge is 2.31. The van der Waals surface area contributed by atoms with Crippen LogP contribution in [0.1, 0.15) is 56.2 Å². The molecule has 21 heavy (non-hydrogen) atoms. The first-order valence-corrected chi connectivity index (χ1v) is 9.46. The van der Waals surface area contributed by atoms with Gasteiger partial charge in [0.2, 0.25) is 0 Å². The molecule has 1 aromatic rings. The molecule has 6 nitrogen and oxygen atoms in total. The highest BCUT2D eigenvalue weighted by Crippen LogP contribution is 2.43. The zero-order chi connectivity index (χ0) is 16.6.